The highest BCUT2D eigenvalue weighted by Gasteiger charge is 2.37. The SMILES string of the molecule is NC1CCC(NC(=O)C2(N)CCOCC2)CC1. The minimum atomic E-state index is -0.724. The number of hydrogen-bond donors (Lipinski definition) is 3. The number of hydrogen-bond acceptors (Lipinski definition) is 4. The average Bonchev–Trinajstić information content (AvgIpc) is 2.33. The van der Waals surface area contributed by atoms with Crippen LogP contribution in [-0.2, 0) is 9.53 Å². The standard InChI is InChI=1S/C12H23N3O2/c13-9-1-3-10(4-2-9)15-11(16)12(14)5-7-17-8-6-12/h9-10H,1-8,13-14H2,(H,15,16). The molecule has 0 unspecified atom stereocenters. The Morgan fingerprint density at radius 3 is 2.35 bits per heavy atom. The van der Waals surface area contributed by atoms with Crippen molar-refractivity contribution in [2.24, 2.45) is 11.5 Å². The van der Waals surface area contributed by atoms with Gasteiger partial charge < -0.3 is 21.5 Å². The molecule has 5 heteroatoms. The summed E-state index contributed by atoms with van der Waals surface area (Å²) in [7, 11) is 0. The largest absolute Gasteiger partial charge is 0.381 e. The summed E-state index contributed by atoms with van der Waals surface area (Å²) < 4.78 is 5.24. The van der Waals surface area contributed by atoms with Gasteiger partial charge >= 0.3 is 0 Å². The molecular formula is C12H23N3O2. The molecule has 0 aromatic rings. The Kier molecular flexibility index (Phi) is 4.01. The van der Waals surface area contributed by atoms with Crippen LogP contribution in [0.2, 0.25) is 0 Å². The second-order valence-electron chi connectivity index (χ2n) is 5.35. The van der Waals surface area contributed by atoms with E-state index >= 15 is 0 Å². The molecule has 0 aromatic heterocycles. The molecule has 5 N–H and O–H groups in total. The molecule has 2 aliphatic rings. The Hall–Kier alpha value is -0.650. The molecule has 0 bridgehead atoms. The van der Waals surface area contributed by atoms with E-state index in [-0.39, 0.29) is 11.9 Å². The Morgan fingerprint density at radius 1 is 1.18 bits per heavy atom. The smallest absolute Gasteiger partial charge is 0.240 e. The van der Waals surface area contributed by atoms with Crippen LogP contribution >= 0.6 is 0 Å². The number of nitrogens with one attached hydrogen (secondary N) is 1. The number of rotatable bonds is 2. The Bertz CT molecular complexity index is 269. The first-order valence-electron chi connectivity index (χ1n) is 6.53. The summed E-state index contributed by atoms with van der Waals surface area (Å²) in [5.41, 5.74) is 11.2. The molecule has 0 radical (unpaired) electrons. The van der Waals surface area contributed by atoms with E-state index in [4.69, 9.17) is 16.2 Å². The highest BCUT2D eigenvalue weighted by atomic mass is 16.5. The van der Waals surface area contributed by atoms with Crippen LogP contribution in [-0.4, -0.2) is 36.7 Å². The zero-order chi connectivity index (χ0) is 12.3. The molecule has 2 rings (SSSR count). The maximum absolute atomic E-state index is 12.1. The van der Waals surface area contributed by atoms with E-state index in [1.165, 1.54) is 0 Å². The van der Waals surface area contributed by atoms with E-state index in [9.17, 15) is 4.79 Å². The third kappa shape index (κ3) is 3.18. The summed E-state index contributed by atoms with van der Waals surface area (Å²) in [6, 6.07) is 0.559. The van der Waals surface area contributed by atoms with Gasteiger partial charge in [0.25, 0.3) is 0 Å². The molecule has 1 aliphatic carbocycles. The van der Waals surface area contributed by atoms with E-state index in [2.05, 4.69) is 5.32 Å². The van der Waals surface area contributed by atoms with Crippen LogP contribution in [0.25, 0.3) is 0 Å². The van der Waals surface area contributed by atoms with Crippen LogP contribution in [0.3, 0.4) is 0 Å². The summed E-state index contributed by atoms with van der Waals surface area (Å²) in [4.78, 5) is 12.1. The number of carbonyl (C=O) groups excluding carboxylic acids is 1. The first kappa shape index (κ1) is 12.8. The van der Waals surface area contributed by atoms with Crippen molar-refractivity contribution in [1.29, 1.82) is 0 Å². The van der Waals surface area contributed by atoms with E-state index in [1.807, 2.05) is 0 Å². The van der Waals surface area contributed by atoms with Gasteiger partial charge in [-0.3, -0.25) is 4.79 Å². The Labute approximate surface area is 102 Å². The summed E-state index contributed by atoms with van der Waals surface area (Å²) >= 11 is 0. The third-order valence-electron chi connectivity index (χ3n) is 3.94. The highest BCUT2D eigenvalue weighted by molar-refractivity contribution is 5.86. The predicted octanol–water partition coefficient (Wildman–Crippen LogP) is -0.120. The average molecular weight is 241 g/mol. The fourth-order valence-electron chi connectivity index (χ4n) is 2.56. The van der Waals surface area contributed by atoms with Gasteiger partial charge in [-0.15, -0.1) is 0 Å². The molecule has 0 spiro atoms. The molecule has 1 saturated heterocycles. The minimum absolute atomic E-state index is 0.0127. The second-order valence-corrected chi connectivity index (χ2v) is 5.35. The van der Waals surface area contributed by atoms with Crippen LogP contribution in [0.15, 0.2) is 0 Å². The molecular weight excluding hydrogens is 218 g/mol. The number of nitrogens with two attached hydrogens (primary N) is 2. The van der Waals surface area contributed by atoms with Crippen molar-refractivity contribution in [3.05, 3.63) is 0 Å². The van der Waals surface area contributed by atoms with Gasteiger partial charge in [0, 0.05) is 25.3 Å². The molecule has 0 aromatic carbocycles. The van der Waals surface area contributed by atoms with Crippen LogP contribution in [0.5, 0.6) is 0 Å². The Balaban J connectivity index is 1.83. The number of carbonyl (C=O) groups is 1. The normalized spacial score (nSPS) is 33.1. The maximum Gasteiger partial charge on any atom is 0.240 e. The first-order valence-corrected chi connectivity index (χ1v) is 6.53. The molecule has 0 atom stereocenters. The van der Waals surface area contributed by atoms with Gasteiger partial charge in [-0.2, -0.15) is 0 Å². The Morgan fingerprint density at radius 2 is 1.76 bits per heavy atom. The van der Waals surface area contributed by atoms with Crippen molar-refractivity contribution in [2.75, 3.05) is 13.2 Å². The fraction of sp³-hybridized carbons (Fsp3) is 0.917. The van der Waals surface area contributed by atoms with E-state index in [0.29, 0.717) is 32.1 Å². The fourth-order valence-corrected chi connectivity index (χ4v) is 2.56. The number of amides is 1. The highest BCUT2D eigenvalue weighted by Crippen LogP contribution is 2.21. The van der Waals surface area contributed by atoms with Crippen LogP contribution in [0.1, 0.15) is 38.5 Å². The first-order chi connectivity index (χ1) is 8.10. The summed E-state index contributed by atoms with van der Waals surface area (Å²) in [6.07, 6.45) is 5.16. The molecule has 2 fully saturated rings. The molecule has 1 saturated carbocycles. The molecule has 5 nitrogen and oxygen atoms in total. The molecule has 1 amide bonds. The lowest BCUT2D eigenvalue weighted by atomic mass is 9.87. The van der Waals surface area contributed by atoms with E-state index < -0.39 is 5.54 Å². The third-order valence-corrected chi connectivity index (χ3v) is 3.94. The van der Waals surface area contributed by atoms with Gasteiger partial charge in [0.2, 0.25) is 5.91 Å². The van der Waals surface area contributed by atoms with Crippen molar-refractivity contribution in [1.82, 2.24) is 5.32 Å². The van der Waals surface area contributed by atoms with E-state index in [1.54, 1.807) is 0 Å². The zero-order valence-corrected chi connectivity index (χ0v) is 10.3. The minimum Gasteiger partial charge on any atom is -0.381 e. The van der Waals surface area contributed by atoms with Crippen molar-refractivity contribution < 1.29 is 9.53 Å². The summed E-state index contributed by atoms with van der Waals surface area (Å²) in [5, 5.41) is 3.07. The quantitative estimate of drug-likeness (QED) is 0.628. The van der Waals surface area contributed by atoms with Crippen molar-refractivity contribution in [3.63, 3.8) is 0 Å². The van der Waals surface area contributed by atoms with Gasteiger partial charge in [0.1, 0.15) is 0 Å². The topological polar surface area (TPSA) is 90.4 Å². The zero-order valence-electron chi connectivity index (χ0n) is 10.3. The monoisotopic (exact) mass is 241 g/mol. The molecule has 1 heterocycles. The van der Waals surface area contributed by atoms with Gasteiger partial charge in [-0.05, 0) is 38.5 Å². The lowest BCUT2D eigenvalue weighted by Gasteiger charge is -2.35. The van der Waals surface area contributed by atoms with Crippen LogP contribution in [0, 0.1) is 0 Å². The maximum atomic E-state index is 12.1. The van der Waals surface area contributed by atoms with Gasteiger partial charge in [-0.25, -0.2) is 0 Å². The van der Waals surface area contributed by atoms with Crippen molar-refractivity contribution >= 4 is 5.91 Å². The number of ether oxygens (including phenoxy) is 1. The molecule has 98 valence electrons. The van der Waals surface area contributed by atoms with Gasteiger partial charge in [-0.1, -0.05) is 0 Å². The molecule has 1 aliphatic heterocycles. The summed E-state index contributed by atoms with van der Waals surface area (Å²) in [5.74, 6) is -0.0127. The second kappa shape index (κ2) is 5.33. The van der Waals surface area contributed by atoms with Gasteiger partial charge in [0.15, 0.2) is 0 Å². The predicted molar refractivity (Wildman–Crippen MR) is 65.3 cm³/mol. The summed E-state index contributed by atoms with van der Waals surface area (Å²) in [6.45, 7) is 1.17. The van der Waals surface area contributed by atoms with Crippen LogP contribution < -0.4 is 16.8 Å². The van der Waals surface area contributed by atoms with Crippen molar-refractivity contribution in [2.45, 2.75) is 56.1 Å². The lowest BCUT2D eigenvalue weighted by molar-refractivity contribution is -0.130. The van der Waals surface area contributed by atoms with Gasteiger partial charge in [0.05, 0.1) is 5.54 Å². The van der Waals surface area contributed by atoms with Crippen LogP contribution in [0.4, 0.5) is 0 Å². The van der Waals surface area contributed by atoms with Crippen molar-refractivity contribution in [3.8, 4) is 0 Å². The molecule has 17 heavy (non-hydrogen) atoms. The van der Waals surface area contributed by atoms with E-state index in [0.717, 1.165) is 25.7 Å². The lowest BCUT2D eigenvalue weighted by Crippen LogP contribution is -2.59.